The van der Waals surface area contributed by atoms with Crippen LogP contribution in [0.5, 0.6) is 11.5 Å². The van der Waals surface area contributed by atoms with Crippen LogP contribution in [-0.4, -0.2) is 18.3 Å². The number of phenolic OH excluding ortho intramolecular Hbond substituents is 1. The quantitative estimate of drug-likeness (QED) is 0.863. The van der Waals surface area contributed by atoms with Crippen molar-refractivity contribution in [3.8, 4) is 11.5 Å². The largest absolute Gasteiger partial charge is 0.508 e. The van der Waals surface area contributed by atoms with Gasteiger partial charge in [-0.1, -0.05) is 13.3 Å². The molecule has 0 spiro atoms. The smallest absolute Gasteiger partial charge is 0.127 e. The first-order valence-corrected chi connectivity index (χ1v) is 6.91. The van der Waals surface area contributed by atoms with Gasteiger partial charge in [-0.25, -0.2) is 0 Å². The van der Waals surface area contributed by atoms with E-state index in [-0.39, 0.29) is 11.8 Å². The summed E-state index contributed by atoms with van der Waals surface area (Å²) in [6.07, 6.45) is 4.07. The fourth-order valence-corrected chi connectivity index (χ4v) is 3.19. The summed E-state index contributed by atoms with van der Waals surface area (Å²) in [6, 6.07) is 5.69. The Labute approximate surface area is 108 Å². The van der Waals surface area contributed by atoms with E-state index in [2.05, 4.69) is 12.2 Å². The van der Waals surface area contributed by atoms with Crippen LogP contribution in [0.2, 0.25) is 0 Å². The summed E-state index contributed by atoms with van der Waals surface area (Å²) in [5, 5.41) is 13.0. The van der Waals surface area contributed by atoms with Crippen LogP contribution in [0.25, 0.3) is 0 Å². The molecule has 3 atom stereocenters. The van der Waals surface area contributed by atoms with Crippen LogP contribution >= 0.6 is 0 Å². The molecule has 2 aliphatic rings. The minimum atomic E-state index is 0.277. The molecule has 1 aliphatic carbocycles. The lowest BCUT2D eigenvalue weighted by Gasteiger charge is -2.15. The van der Waals surface area contributed by atoms with Gasteiger partial charge in [-0.3, -0.25) is 0 Å². The van der Waals surface area contributed by atoms with E-state index in [4.69, 9.17) is 4.74 Å². The highest BCUT2D eigenvalue weighted by Gasteiger charge is 2.26. The highest BCUT2D eigenvalue weighted by molar-refractivity contribution is 5.44. The molecule has 3 rings (SSSR count). The number of phenols is 1. The minimum absolute atomic E-state index is 0.277. The summed E-state index contributed by atoms with van der Waals surface area (Å²) in [4.78, 5) is 0. The molecule has 98 valence electrons. The number of rotatable bonds is 3. The monoisotopic (exact) mass is 247 g/mol. The lowest BCUT2D eigenvalue weighted by atomic mass is 10.0. The summed E-state index contributed by atoms with van der Waals surface area (Å²) >= 11 is 0. The predicted molar refractivity (Wildman–Crippen MR) is 70.9 cm³/mol. The van der Waals surface area contributed by atoms with Crippen LogP contribution in [0.15, 0.2) is 18.2 Å². The Kier molecular flexibility index (Phi) is 3.16. The van der Waals surface area contributed by atoms with Gasteiger partial charge in [0.2, 0.25) is 0 Å². The third kappa shape index (κ3) is 2.32. The fraction of sp³-hybridized carbons (Fsp3) is 0.600. The van der Waals surface area contributed by atoms with Gasteiger partial charge in [0.15, 0.2) is 0 Å². The second-order valence-corrected chi connectivity index (χ2v) is 5.78. The number of aromatic hydroxyl groups is 1. The van der Waals surface area contributed by atoms with Crippen LogP contribution in [0.4, 0.5) is 0 Å². The van der Waals surface area contributed by atoms with Crippen LogP contribution in [0.1, 0.15) is 37.8 Å². The first-order chi connectivity index (χ1) is 8.72. The molecule has 0 radical (unpaired) electrons. The van der Waals surface area contributed by atoms with E-state index < -0.39 is 0 Å². The molecular weight excluding hydrogens is 226 g/mol. The lowest BCUT2D eigenvalue weighted by molar-refractivity contribution is 0.301. The van der Waals surface area contributed by atoms with Crippen molar-refractivity contribution >= 4 is 0 Å². The molecule has 3 heteroatoms. The second-order valence-electron chi connectivity index (χ2n) is 5.78. The van der Waals surface area contributed by atoms with E-state index in [1.807, 2.05) is 6.07 Å². The zero-order chi connectivity index (χ0) is 12.5. The average molecular weight is 247 g/mol. The number of ether oxygens (including phenoxy) is 1. The van der Waals surface area contributed by atoms with Crippen molar-refractivity contribution in [1.29, 1.82) is 0 Å². The summed E-state index contributed by atoms with van der Waals surface area (Å²) < 4.78 is 5.61. The second kappa shape index (κ2) is 4.81. The van der Waals surface area contributed by atoms with Gasteiger partial charge in [0.25, 0.3) is 0 Å². The predicted octanol–water partition coefficient (Wildman–Crippen LogP) is 2.85. The van der Waals surface area contributed by atoms with E-state index in [1.165, 1.54) is 24.8 Å². The van der Waals surface area contributed by atoms with Crippen molar-refractivity contribution < 1.29 is 9.84 Å². The molecule has 18 heavy (non-hydrogen) atoms. The van der Waals surface area contributed by atoms with Crippen LogP contribution in [0.3, 0.4) is 0 Å². The first-order valence-electron chi connectivity index (χ1n) is 6.91. The molecule has 2 N–H and O–H groups in total. The molecular formula is C15H21NO2. The highest BCUT2D eigenvalue weighted by Crippen LogP contribution is 2.36. The average Bonchev–Trinajstić information content (AvgIpc) is 2.92. The first kappa shape index (κ1) is 11.8. The molecule has 3 unspecified atom stereocenters. The number of hydrogen-bond donors (Lipinski definition) is 2. The molecule has 1 fully saturated rings. The maximum atomic E-state index is 9.41. The number of hydrogen-bond acceptors (Lipinski definition) is 3. The Morgan fingerprint density at radius 2 is 2.28 bits per heavy atom. The van der Waals surface area contributed by atoms with Gasteiger partial charge in [0.1, 0.15) is 18.1 Å². The Hall–Kier alpha value is -1.22. The fourth-order valence-electron chi connectivity index (χ4n) is 3.19. The molecule has 0 amide bonds. The van der Waals surface area contributed by atoms with Gasteiger partial charge >= 0.3 is 0 Å². The van der Waals surface area contributed by atoms with Crippen molar-refractivity contribution in [3.63, 3.8) is 0 Å². The third-order valence-corrected chi connectivity index (χ3v) is 4.23. The Balaban J connectivity index is 1.59. The Bertz CT molecular complexity index is 433. The Morgan fingerprint density at radius 1 is 1.39 bits per heavy atom. The van der Waals surface area contributed by atoms with E-state index in [0.717, 1.165) is 24.1 Å². The standard InChI is InChI=1S/C15H21NO2/c1-10-2-3-11(6-10)8-16-14-9-18-15-7-12(17)4-5-13(14)15/h4-5,7,10-11,14,16-17H,2-3,6,8-9H2,1H3. The zero-order valence-electron chi connectivity index (χ0n) is 10.9. The van der Waals surface area contributed by atoms with Crippen molar-refractivity contribution in [2.24, 2.45) is 11.8 Å². The van der Waals surface area contributed by atoms with Gasteiger partial charge in [-0.15, -0.1) is 0 Å². The SMILES string of the molecule is CC1CCC(CNC2COc3cc(O)ccc32)C1. The van der Waals surface area contributed by atoms with Crippen LogP contribution < -0.4 is 10.1 Å². The van der Waals surface area contributed by atoms with E-state index >= 15 is 0 Å². The number of nitrogens with one attached hydrogen (secondary N) is 1. The van der Waals surface area contributed by atoms with E-state index in [1.54, 1.807) is 12.1 Å². The van der Waals surface area contributed by atoms with Crippen molar-refractivity contribution in [2.45, 2.75) is 32.2 Å². The van der Waals surface area contributed by atoms with Gasteiger partial charge in [0, 0.05) is 11.6 Å². The van der Waals surface area contributed by atoms with Crippen LogP contribution in [0, 0.1) is 11.8 Å². The van der Waals surface area contributed by atoms with E-state index in [9.17, 15) is 5.11 Å². The lowest BCUT2D eigenvalue weighted by Crippen LogP contribution is -2.27. The molecule has 1 aromatic carbocycles. The normalized spacial score (nSPS) is 30.2. The molecule has 0 aromatic heterocycles. The maximum Gasteiger partial charge on any atom is 0.127 e. The molecule has 0 bridgehead atoms. The topological polar surface area (TPSA) is 41.5 Å². The summed E-state index contributed by atoms with van der Waals surface area (Å²) in [6.45, 7) is 4.11. The number of fused-ring (bicyclic) bond motifs is 1. The molecule has 1 saturated carbocycles. The van der Waals surface area contributed by atoms with Crippen molar-refractivity contribution in [1.82, 2.24) is 5.32 Å². The van der Waals surface area contributed by atoms with Gasteiger partial charge in [-0.2, -0.15) is 0 Å². The van der Waals surface area contributed by atoms with Gasteiger partial charge in [0.05, 0.1) is 6.04 Å². The molecule has 0 saturated heterocycles. The van der Waals surface area contributed by atoms with Crippen molar-refractivity contribution in [2.75, 3.05) is 13.2 Å². The van der Waals surface area contributed by atoms with Crippen LogP contribution in [-0.2, 0) is 0 Å². The van der Waals surface area contributed by atoms with Crippen molar-refractivity contribution in [3.05, 3.63) is 23.8 Å². The molecule has 1 aromatic rings. The van der Waals surface area contributed by atoms with Gasteiger partial charge in [-0.05, 0) is 43.4 Å². The molecule has 1 aliphatic heterocycles. The van der Waals surface area contributed by atoms with Gasteiger partial charge < -0.3 is 15.2 Å². The Morgan fingerprint density at radius 3 is 3.06 bits per heavy atom. The maximum absolute atomic E-state index is 9.41. The molecule has 3 nitrogen and oxygen atoms in total. The third-order valence-electron chi connectivity index (χ3n) is 4.23. The highest BCUT2D eigenvalue weighted by atomic mass is 16.5. The zero-order valence-corrected chi connectivity index (χ0v) is 10.9. The summed E-state index contributed by atoms with van der Waals surface area (Å²) in [5.41, 5.74) is 1.18. The summed E-state index contributed by atoms with van der Waals surface area (Å²) in [7, 11) is 0. The molecule has 1 heterocycles. The summed E-state index contributed by atoms with van der Waals surface area (Å²) in [5.74, 6) is 2.81. The number of benzene rings is 1. The van der Waals surface area contributed by atoms with E-state index in [0.29, 0.717) is 6.61 Å². The minimum Gasteiger partial charge on any atom is -0.508 e.